The summed E-state index contributed by atoms with van der Waals surface area (Å²) in [6.45, 7) is 2.22. The molecule has 0 aliphatic heterocycles. The first-order valence-electron chi connectivity index (χ1n) is 6.58. The fourth-order valence-electron chi connectivity index (χ4n) is 3.63. The first-order chi connectivity index (χ1) is 8.70. The second kappa shape index (κ2) is 3.46. The van der Waals surface area contributed by atoms with E-state index in [-0.39, 0.29) is 11.5 Å². The van der Waals surface area contributed by atoms with Gasteiger partial charge in [-0.05, 0) is 58.9 Å². The largest absolute Gasteiger partial charge is 0.392 e. The lowest BCUT2D eigenvalue weighted by Gasteiger charge is -2.37. The lowest BCUT2D eigenvalue weighted by molar-refractivity contribution is 0.0827. The van der Waals surface area contributed by atoms with E-state index in [4.69, 9.17) is 0 Å². The zero-order valence-electron chi connectivity index (χ0n) is 10.4. The van der Waals surface area contributed by atoms with Crippen LogP contribution >= 0.6 is 11.3 Å². The number of benzene rings is 1. The van der Waals surface area contributed by atoms with E-state index in [0.29, 0.717) is 0 Å². The Balaban J connectivity index is 1.99. The summed E-state index contributed by atoms with van der Waals surface area (Å²) in [6.07, 6.45) is 5.03. The van der Waals surface area contributed by atoms with Crippen molar-refractivity contribution in [2.24, 2.45) is 5.41 Å². The zero-order chi connectivity index (χ0) is 12.3. The van der Waals surface area contributed by atoms with E-state index in [1.165, 1.54) is 26.8 Å². The van der Waals surface area contributed by atoms with Gasteiger partial charge in [-0.15, -0.1) is 11.3 Å². The van der Waals surface area contributed by atoms with Gasteiger partial charge in [-0.2, -0.15) is 0 Å². The summed E-state index contributed by atoms with van der Waals surface area (Å²) in [6, 6.07) is 6.74. The molecule has 1 heterocycles. The van der Waals surface area contributed by atoms with Crippen molar-refractivity contribution in [3.8, 4) is 0 Å². The number of fused-ring (bicyclic) bond motifs is 5. The van der Waals surface area contributed by atoms with Crippen LogP contribution in [0.3, 0.4) is 0 Å². The highest BCUT2D eigenvalue weighted by molar-refractivity contribution is 7.17. The first-order valence-corrected chi connectivity index (χ1v) is 7.46. The maximum atomic E-state index is 10.2. The second-order valence-electron chi connectivity index (χ2n) is 5.71. The summed E-state index contributed by atoms with van der Waals surface area (Å²) in [5, 5.41) is 13.8. The van der Waals surface area contributed by atoms with Gasteiger partial charge in [0, 0.05) is 10.1 Å². The number of hydrogen-bond acceptors (Lipinski definition) is 2. The van der Waals surface area contributed by atoms with Crippen LogP contribution in [0, 0.1) is 5.41 Å². The lowest BCUT2D eigenvalue weighted by Crippen LogP contribution is -2.32. The molecule has 0 bridgehead atoms. The SMILES string of the molecule is CC12CCc3c(ccc4sccc34)C1=CCC2O. The van der Waals surface area contributed by atoms with Gasteiger partial charge in [0.2, 0.25) is 0 Å². The Morgan fingerprint density at radius 1 is 1.33 bits per heavy atom. The van der Waals surface area contributed by atoms with Crippen molar-refractivity contribution in [3.63, 3.8) is 0 Å². The highest BCUT2D eigenvalue weighted by atomic mass is 32.1. The number of aliphatic hydroxyl groups is 1. The molecule has 2 aliphatic rings. The summed E-state index contributed by atoms with van der Waals surface area (Å²) in [5.74, 6) is 0. The summed E-state index contributed by atoms with van der Waals surface area (Å²) in [5.41, 5.74) is 4.23. The number of hydrogen-bond donors (Lipinski definition) is 1. The molecule has 2 aromatic rings. The van der Waals surface area contributed by atoms with Gasteiger partial charge in [0.1, 0.15) is 0 Å². The molecule has 2 aliphatic carbocycles. The van der Waals surface area contributed by atoms with Crippen molar-refractivity contribution >= 4 is 27.0 Å². The van der Waals surface area contributed by atoms with Gasteiger partial charge in [-0.1, -0.05) is 19.1 Å². The van der Waals surface area contributed by atoms with Crippen molar-refractivity contribution < 1.29 is 5.11 Å². The average molecular weight is 256 g/mol. The molecule has 0 saturated heterocycles. The summed E-state index contributed by atoms with van der Waals surface area (Å²) in [4.78, 5) is 0. The standard InChI is InChI=1S/C16H16OS/c1-16-8-6-10-11(13(16)3-5-15(16)17)2-4-14-12(10)7-9-18-14/h2-4,7,9,15,17H,5-6,8H2,1H3. The van der Waals surface area contributed by atoms with Crippen LogP contribution in [-0.2, 0) is 6.42 Å². The monoisotopic (exact) mass is 256 g/mol. The molecule has 0 amide bonds. The number of aliphatic hydroxyl groups excluding tert-OH is 1. The van der Waals surface area contributed by atoms with Crippen LogP contribution in [0.15, 0.2) is 29.7 Å². The van der Waals surface area contributed by atoms with Crippen LogP contribution in [-0.4, -0.2) is 11.2 Å². The number of thiophene rings is 1. The lowest BCUT2D eigenvalue weighted by atomic mass is 9.68. The van der Waals surface area contributed by atoms with Crippen LogP contribution in [0.5, 0.6) is 0 Å². The highest BCUT2D eigenvalue weighted by Gasteiger charge is 2.43. The average Bonchev–Trinajstić information content (AvgIpc) is 2.94. The molecular weight excluding hydrogens is 240 g/mol. The molecule has 1 aromatic heterocycles. The van der Waals surface area contributed by atoms with E-state index in [2.05, 4.69) is 36.6 Å². The smallest absolute Gasteiger partial charge is 0.0668 e. The van der Waals surface area contributed by atoms with E-state index < -0.39 is 0 Å². The van der Waals surface area contributed by atoms with Gasteiger partial charge in [-0.25, -0.2) is 0 Å². The van der Waals surface area contributed by atoms with Crippen molar-refractivity contribution in [1.82, 2.24) is 0 Å². The Bertz CT molecular complexity index is 667. The first kappa shape index (κ1) is 10.8. The minimum absolute atomic E-state index is 0.0172. The molecule has 0 radical (unpaired) electrons. The molecule has 92 valence electrons. The van der Waals surface area contributed by atoms with Crippen LogP contribution in [0.2, 0.25) is 0 Å². The quantitative estimate of drug-likeness (QED) is 0.755. The van der Waals surface area contributed by atoms with Crippen molar-refractivity contribution in [2.45, 2.75) is 32.3 Å². The molecular formula is C16H16OS. The van der Waals surface area contributed by atoms with Gasteiger partial charge in [0.05, 0.1) is 6.10 Å². The van der Waals surface area contributed by atoms with Crippen LogP contribution in [0.25, 0.3) is 15.7 Å². The molecule has 2 atom stereocenters. The maximum absolute atomic E-state index is 10.2. The van der Waals surface area contributed by atoms with Crippen molar-refractivity contribution in [3.05, 3.63) is 40.8 Å². The third-order valence-corrected chi connectivity index (χ3v) is 5.71. The highest BCUT2D eigenvalue weighted by Crippen LogP contribution is 2.53. The second-order valence-corrected chi connectivity index (χ2v) is 6.66. The fraction of sp³-hybridized carbons (Fsp3) is 0.375. The Morgan fingerprint density at radius 3 is 3.11 bits per heavy atom. The van der Waals surface area contributed by atoms with Gasteiger partial charge < -0.3 is 5.11 Å². The third kappa shape index (κ3) is 1.20. The molecule has 2 heteroatoms. The third-order valence-electron chi connectivity index (χ3n) is 4.83. The molecule has 0 spiro atoms. The van der Waals surface area contributed by atoms with E-state index in [1.54, 1.807) is 0 Å². The molecule has 1 aromatic carbocycles. The molecule has 1 nitrogen and oxygen atoms in total. The minimum atomic E-state index is -0.196. The molecule has 18 heavy (non-hydrogen) atoms. The summed E-state index contributed by atoms with van der Waals surface area (Å²) >= 11 is 1.82. The van der Waals surface area contributed by atoms with Crippen LogP contribution in [0.4, 0.5) is 0 Å². The molecule has 2 unspecified atom stereocenters. The van der Waals surface area contributed by atoms with Gasteiger partial charge >= 0.3 is 0 Å². The Hall–Kier alpha value is -1.12. The topological polar surface area (TPSA) is 20.2 Å². The Labute approximate surface area is 111 Å². The van der Waals surface area contributed by atoms with E-state index in [0.717, 1.165) is 19.3 Å². The van der Waals surface area contributed by atoms with E-state index >= 15 is 0 Å². The predicted octanol–water partition coefficient (Wildman–Crippen LogP) is 4.00. The molecule has 1 N–H and O–H groups in total. The van der Waals surface area contributed by atoms with Crippen molar-refractivity contribution in [1.29, 1.82) is 0 Å². The number of rotatable bonds is 0. The molecule has 4 rings (SSSR count). The molecule has 0 saturated carbocycles. The maximum Gasteiger partial charge on any atom is 0.0668 e. The Morgan fingerprint density at radius 2 is 2.22 bits per heavy atom. The zero-order valence-corrected chi connectivity index (χ0v) is 11.3. The minimum Gasteiger partial charge on any atom is -0.392 e. The van der Waals surface area contributed by atoms with Gasteiger partial charge in [0.25, 0.3) is 0 Å². The fourth-order valence-corrected chi connectivity index (χ4v) is 4.45. The van der Waals surface area contributed by atoms with E-state index in [9.17, 15) is 5.11 Å². The number of aryl methyl sites for hydroxylation is 1. The summed E-state index contributed by atoms with van der Waals surface area (Å²) < 4.78 is 1.39. The van der Waals surface area contributed by atoms with E-state index in [1.807, 2.05) is 11.3 Å². The van der Waals surface area contributed by atoms with Crippen LogP contribution < -0.4 is 0 Å². The normalized spacial score (nSPS) is 30.1. The predicted molar refractivity (Wildman–Crippen MR) is 76.9 cm³/mol. The van der Waals surface area contributed by atoms with Gasteiger partial charge in [-0.3, -0.25) is 0 Å². The Kier molecular flexibility index (Phi) is 2.07. The van der Waals surface area contributed by atoms with Gasteiger partial charge in [0.15, 0.2) is 0 Å². The summed E-state index contributed by atoms with van der Waals surface area (Å²) in [7, 11) is 0. The van der Waals surface area contributed by atoms with Crippen molar-refractivity contribution in [2.75, 3.05) is 0 Å². The van der Waals surface area contributed by atoms with Crippen LogP contribution in [0.1, 0.15) is 30.9 Å². The molecule has 0 fully saturated rings.